The van der Waals surface area contributed by atoms with Crippen LogP contribution in [0.15, 0.2) is 5.38 Å². The van der Waals surface area contributed by atoms with Gasteiger partial charge < -0.3 is 10.6 Å². The summed E-state index contributed by atoms with van der Waals surface area (Å²) in [6, 6.07) is 0.901. The number of hydrogen-bond acceptors (Lipinski definition) is 4. The van der Waals surface area contributed by atoms with Crippen LogP contribution in [0.2, 0.25) is 0 Å². The summed E-state index contributed by atoms with van der Waals surface area (Å²) in [7, 11) is 0. The number of nitrogens with two attached hydrogens (primary N) is 1. The lowest BCUT2D eigenvalue weighted by molar-refractivity contribution is 0.0582. The highest BCUT2D eigenvalue weighted by Crippen LogP contribution is 2.37. The second kappa shape index (κ2) is 7.09. The van der Waals surface area contributed by atoms with Crippen molar-refractivity contribution in [3.8, 4) is 0 Å². The standard InChI is InChI=1S/C17H27N3OS/c1-2-12-3-5-13(6-4-12)20(14-7-8-14)17(21)15-11-22-16(19-15)9-10-18/h11-14H,2-10,18H2,1H3. The molecule has 2 aliphatic carbocycles. The lowest BCUT2D eigenvalue weighted by atomic mass is 9.84. The Labute approximate surface area is 137 Å². The third-order valence-electron chi connectivity index (χ3n) is 5.09. The van der Waals surface area contributed by atoms with E-state index in [2.05, 4.69) is 16.8 Å². The highest BCUT2D eigenvalue weighted by Gasteiger charge is 2.39. The first kappa shape index (κ1) is 15.9. The van der Waals surface area contributed by atoms with Gasteiger partial charge in [-0.15, -0.1) is 11.3 Å². The molecule has 0 radical (unpaired) electrons. The van der Waals surface area contributed by atoms with Crippen molar-refractivity contribution in [2.45, 2.75) is 70.4 Å². The fourth-order valence-electron chi connectivity index (χ4n) is 3.59. The van der Waals surface area contributed by atoms with Gasteiger partial charge in [-0.2, -0.15) is 0 Å². The molecular formula is C17H27N3OS. The highest BCUT2D eigenvalue weighted by atomic mass is 32.1. The first-order valence-electron chi connectivity index (χ1n) is 8.70. The maximum Gasteiger partial charge on any atom is 0.273 e. The third kappa shape index (κ3) is 3.51. The Balaban J connectivity index is 1.69. The van der Waals surface area contributed by atoms with Crippen molar-refractivity contribution in [2.24, 2.45) is 11.7 Å². The molecule has 2 fully saturated rings. The summed E-state index contributed by atoms with van der Waals surface area (Å²) >= 11 is 1.56. The zero-order chi connectivity index (χ0) is 15.5. The van der Waals surface area contributed by atoms with E-state index in [-0.39, 0.29) is 5.91 Å². The quantitative estimate of drug-likeness (QED) is 0.875. The van der Waals surface area contributed by atoms with Gasteiger partial charge in [-0.1, -0.05) is 13.3 Å². The molecule has 3 rings (SSSR count). The molecule has 1 aromatic rings. The lowest BCUT2D eigenvalue weighted by Crippen LogP contribution is -2.44. The van der Waals surface area contributed by atoms with E-state index < -0.39 is 0 Å². The zero-order valence-electron chi connectivity index (χ0n) is 13.5. The van der Waals surface area contributed by atoms with E-state index in [1.165, 1.54) is 44.9 Å². The first-order chi connectivity index (χ1) is 10.7. The van der Waals surface area contributed by atoms with E-state index in [4.69, 9.17) is 5.73 Å². The van der Waals surface area contributed by atoms with E-state index >= 15 is 0 Å². The Kier molecular flexibility index (Phi) is 5.14. The summed E-state index contributed by atoms with van der Waals surface area (Å²) in [5, 5.41) is 2.90. The molecule has 2 saturated carbocycles. The summed E-state index contributed by atoms with van der Waals surface area (Å²) in [6.45, 7) is 2.87. The zero-order valence-corrected chi connectivity index (χ0v) is 14.3. The molecule has 0 saturated heterocycles. The lowest BCUT2D eigenvalue weighted by Gasteiger charge is -2.36. The van der Waals surface area contributed by atoms with Crippen LogP contribution in [0.25, 0.3) is 0 Å². The molecule has 5 heteroatoms. The average molecular weight is 321 g/mol. The van der Waals surface area contributed by atoms with Gasteiger partial charge >= 0.3 is 0 Å². The SMILES string of the molecule is CCC1CCC(N(C(=O)c2csc(CCN)n2)C2CC2)CC1. The van der Waals surface area contributed by atoms with Crippen LogP contribution >= 0.6 is 11.3 Å². The average Bonchev–Trinajstić information content (AvgIpc) is 3.26. The maximum atomic E-state index is 12.9. The molecule has 0 unspecified atom stereocenters. The molecule has 0 atom stereocenters. The third-order valence-corrected chi connectivity index (χ3v) is 6.00. The summed E-state index contributed by atoms with van der Waals surface area (Å²) in [6.07, 6.45) is 9.25. The molecule has 0 aliphatic heterocycles. The van der Waals surface area contributed by atoms with Crippen molar-refractivity contribution < 1.29 is 4.79 Å². The molecule has 0 spiro atoms. The van der Waals surface area contributed by atoms with Crippen molar-refractivity contribution in [3.05, 3.63) is 16.1 Å². The van der Waals surface area contributed by atoms with E-state index in [1.54, 1.807) is 11.3 Å². The first-order valence-corrected chi connectivity index (χ1v) is 9.58. The number of thiazole rings is 1. The largest absolute Gasteiger partial charge is 0.331 e. The molecule has 0 bridgehead atoms. The van der Waals surface area contributed by atoms with Gasteiger partial charge in [-0.05, 0) is 51.0 Å². The minimum Gasteiger partial charge on any atom is -0.331 e. The van der Waals surface area contributed by atoms with Crippen LogP contribution in [0.4, 0.5) is 0 Å². The summed E-state index contributed by atoms with van der Waals surface area (Å²) in [5.74, 6) is 1.02. The highest BCUT2D eigenvalue weighted by molar-refractivity contribution is 7.09. The van der Waals surface area contributed by atoms with Crippen molar-refractivity contribution in [2.75, 3.05) is 6.54 Å². The monoisotopic (exact) mass is 321 g/mol. The van der Waals surface area contributed by atoms with Crippen LogP contribution in [0.1, 0.15) is 67.4 Å². The predicted octanol–water partition coefficient (Wildman–Crippen LogP) is 3.22. The Morgan fingerprint density at radius 3 is 2.45 bits per heavy atom. The fraction of sp³-hybridized carbons (Fsp3) is 0.765. The Bertz CT molecular complexity index is 504. The van der Waals surface area contributed by atoms with E-state index in [0.717, 1.165) is 17.3 Å². The number of aromatic nitrogens is 1. The van der Waals surface area contributed by atoms with Gasteiger partial charge in [0.05, 0.1) is 5.01 Å². The molecule has 0 aromatic carbocycles. The smallest absolute Gasteiger partial charge is 0.273 e. The number of carbonyl (C=O) groups excluding carboxylic acids is 1. The van der Waals surface area contributed by atoms with Crippen molar-refractivity contribution in [1.29, 1.82) is 0 Å². The summed E-state index contributed by atoms with van der Waals surface area (Å²) < 4.78 is 0. The van der Waals surface area contributed by atoms with Gasteiger partial charge in [0.2, 0.25) is 0 Å². The molecule has 1 aromatic heterocycles. The van der Waals surface area contributed by atoms with E-state index in [0.29, 0.717) is 24.3 Å². The van der Waals surface area contributed by atoms with Crippen LogP contribution in [0.3, 0.4) is 0 Å². The molecule has 1 heterocycles. The molecule has 22 heavy (non-hydrogen) atoms. The topological polar surface area (TPSA) is 59.2 Å². The summed E-state index contributed by atoms with van der Waals surface area (Å²) in [5.41, 5.74) is 6.22. The van der Waals surface area contributed by atoms with Gasteiger partial charge in [-0.3, -0.25) is 4.79 Å². The predicted molar refractivity (Wildman–Crippen MR) is 90.1 cm³/mol. The van der Waals surface area contributed by atoms with Gasteiger partial charge in [0.25, 0.3) is 5.91 Å². The Morgan fingerprint density at radius 1 is 1.27 bits per heavy atom. The van der Waals surface area contributed by atoms with Crippen LogP contribution < -0.4 is 5.73 Å². The Hall–Kier alpha value is -0.940. The van der Waals surface area contributed by atoms with Gasteiger partial charge in [0.1, 0.15) is 5.69 Å². The van der Waals surface area contributed by atoms with E-state index in [9.17, 15) is 4.79 Å². The van der Waals surface area contributed by atoms with Crippen LogP contribution in [0, 0.1) is 5.92 Å². The van der Waals surface area contributed by atoms with Gasteiger partial charge in [0, 0.05) is 23.9 Å². The normalized spacial score (nSPS) is 25.2. The van der Waals surface area contributed by atoms with Crippen LogP contribution in [-0.2, 0) is 6.42 Å². The fourth-order valence-corrected chi connectivity index (χ4v) is 4.38. The molecule has 2 aliphatic rings. The van der Waals surface area contributed by atoms with Crippen LogP contribution in [0.5, 0.6) is 0 Å². The number of hydrogen-bond donors (Lipinski definition) is 1. The number of carbonyl (C=O) groups is 1. The molecule has 2 N–H and O–H groups in total. The molecular weight excluding hydrogens is 294 g/mol. The molecule has 4 nitrogen and oxygen atoms in total. The molecule has 122 valence electrons. The Morgan fingerprint density at radius 2 is 1.91 bits per heavy atom. The number of rotatable bonds is 6. The summed E-state index contributed by atoms with van der Waals surface area (Å²) in [4.78, 5) is 19.6. The van der Waals surface area contributed by atoms with Crippen molar-refractivity contribution >= 4 is 17.2 Å². The number of amides is 1. The molecule has 1 amide bonds. The van der Waals surface area contributed by atoms with Gasteiger partial charge in [-0.25, -0.2) is 4.98 Å². The second-order valence-corrected chi connectivity index (χ2v) is 7.63. The minimum absolute atomic E-state index is 0.155. The van der Waals surface area contributed by atoms with Gasteiger partial charge in [0.15, 0.2) is 0 Å². The second-order valence-electron chi connectivity index (χ2n) is 6.69. The van der Waals surface area contributed by atoms with Crippen LogP contribution in [-0.4, -0.2) is 34.4 Å². The van der Waals surface area contributed by atoms with E-state index in [1.807, 2.05) is 5.38 Å². The van der Waals surface area contributed by atoms with Crippen molar-refractivity contribution in [3.63, 3.8) is 0 Å². The minimum atomic E-state index is 0.155. The van der Waals surface area contributed by atoms with Crippen molar-refractivity contribution in [1.82, 2.24) is 9.88 Å². The maximum absolute atomic E-state index is 12.9. The number of nitrogens with zero attached hydrogens (tertiary/aromatic N) is 2.